The van der Waals surface area contributed by atoms with E-state index in [2.05, 4.69) is 10.3 Å². The number of carbonyl (C=O) groups excluding carboxylic acids is 1. The van der Waals surface area contributed by atoms with E-state index >= 15 is 0 Å². The van der Waals surface area contributed by atoms with Gasteiger partial charge in [-0.05, 0) is 18.1 Å². The van der Waals surface area contributed by atoms with Gasteiger partial charge in [0.05, 0.1) is 5.56 Å². The minimum Gasteiger partial charge on any atom is -0.310 e. The van der Waals surface area contributed by atoms with E-state index in [9.17, 15) is 4.79 Å². The van der Waals surface area contributed by atoms with Crippen molar-refractivity contribution in [1.82, 2.24) is 4.98 Å². The Morgan fingerprint density at radius 3 is 2.56 bits per heavy atom. The molecule has 1 unspecified atom stereocenters. The van der Waals surface area contributed by atoms with Crippen LogP contribution in [0.3, 0.4) is 0 Å². The normalized spacial score (nSPS) is 11.9. The van der Waals surface area contributed by atoms with Gasteiger partial charge in [0.25, 0.3) is 0 Å². The van der Waals surface area contributed by atoms with Crippen LogP contribution in [0, 0.1) is 23.2 Å². The lowest BCUT2D eigenvalue weighted by Crippen LogP contribution is -2.24. The molecule has 4 heteroatoms. The van der Waals surface area contributed by atoms with Gasteiger partial charge in [0.15, 0.2) is 0 Å². The summed E-state index contributed by atoms with van der Waals surface area (Å²) < 4.78 is 0. The molecule has 1 aromatic rings. The summed E-state index contributed by atoms with van der Waals surface area (Å²) in [7, 11) is 0. The lowest BCUT2D eigenvalue weighted by molar-refractivity contribution is -0.120. The van der Waals surface area contributed by atoms with E-state index in [1.807, 2.05) is 26.8 Å². The standard InChI is InChI=1S/C12H15N3O/c1-8(2)9(3)12(16)15-11-5-4-10(6-13)7-14-11/h4-5,7-9H,1-3H3,(H,14,15,16). The molecule has 0 aromatic carbocycles. The lowest BCUT2D eigenvalue weighted by Gasteiger charge is -2.14. The van der Waals surface area contributed by atoms with Crippen LogP contribution in [0.1, 0.15) is 26.3 Å². The van der Waals surface area contributed by atoms with Gasteiger partial charge in [0.1, 0.15) is 11.9 Å². The number of amides is 1. The van der Waals surface area contributed by atoms with E-state index in [0.29, 0.717) is 17.3 Å². The van der Waals surface area contributed by atoms with Crippen LogP contribution < -0.4 is 5.32 Å². The van der Waals surface area contributed by atoms with Crippen molar-refractivity contribution in [1.29, 1.82) is 5.26 Å². The molecule has 4 nitrogen and oxygen atoms in total. The number of anilines is 1. The van der Waals surface area contributed by atoms with Gasteiger partial charge < -0.3 is 5.32 Å². The van der Waals surface area contributed by atoms with Gasteiger partial charge in [0, 0.05) is 12.1 Å². The Morgan fingerprint density at radius 2 is 2.12 bits per heavy atom. The van der Waals surface area contributed by atoms with Gasteiger partial charge in [0.2, 0.25) is 5.91 Å². The highest BCUT2D eigenvalue weighted by atomic mass is 16.1. The number of carbonyl (C=O) groups is 1. The SMILES string of the molecule is CC(C)C(C)C(=O)Nc1ccc(C#N)cn1. The zero-order chi connectivity index (χ0) is 12.1. The summed E-state index contributed by atoms with van der Waals surface area (Å²) in [6.45, 7) is 5.87. The molecule has 1 amide bonds. The van der Waals surface area contributed by atoms with E-state index in [1.165, 1.54) is 6.20 Å². The van der Waals surface area contributed by atoms with Crippen molar-refractivity contribution >= 4 is 11.7 Å². The van der Waals surface area contributed by atoms with Crippen molar-refractivity contribution < 1.29 is 4.79 Å². The monoisotopic (exact) mass is 217 g/mol. The Labute approximate surface area is 95.3 Å². The largest absolute Gasteiger partial charge is 0.310 e. The Bertz CT molecular complexity index is 403. The van der Waals surface area contributed by atoms with Gasteiger partial charge in [-0.3, -0.25) is 4.79 Å². The molecular weight excluding hydrogens is 202 g/mol. The molecule has 0 aliphatic rings. The first-order chi connectivity index (χ1) is 7.54. The second kappa shape index (κ2) is 5.26. The number of pyridine rings is 1. The highest BCUT2D eigenvalue weighted by Crippen LogP contribution is 2.12. The van der Waals surface area contributed by atoms with E-state index < -0.39 is 0 Å². The number of nitrogens with zero attached hydrogens (tertiary/aromatic N) is 2. The van der Waals surface area contributed by atoms with Crippen LogP contribution in [-0.4, -0.2) is 10.9 Å². The first-order valence-electron chi connectivity index (χ1n) is 5.21. The number of aromatic nitrogens is 1. The predicted molar refractivity (Wildman–Crippen MR) is 61.6 cm³/mol. The summed E-state index contributed by atoms with van der Waals surface area (Å²) in [6, 6.07) is 5.23. The Kier molecular flexibility index (Phi) is 4.01. The third-order valence-electron chi connectivity index (χ3n) is 2.56. The Morgan fingerprint density at radius 1 is 1.44 bits per heavy atom. The highest BCUT2D eigenvalue weighted by molar-refractivity contribution is 5.91. The van der Waals surface area contributed by atoms with E-state index in [1.54, 1.807) is 12.1 Å². The van der Waals surface area contributed by atoms with Crippen LogP contribution >= 0.6 is 0 Å². The molecule has 1 atom stereocenters. The third-order valence-corrected chi connectivity index (χ3v) is 2.56. The lowest BCUT2D eigenvalue weighted by atomic mass is 9.97. The second-order valence-corrected chi connectivity index (χ2v) is 4.07. The first-order valence-corrected chi connectivity index (χ1v) is 5.21. The number of rotatable bonds is 3. The van der Waals surface area contributed by atoms with Crippen LogP contribution in [0.15, 0.2) is 18.3 Å². The molecule has 0 aliphatic heterocycles. The van der Waals surface area contributed by atoms with E-state index in [4.69, 9.17) is 5.26 Å². The molecule has 0 spiro atoms. The topological polar surface area (TPSA) is 65.8 Å². The molecular formula is C12H15N3O. The first kappa shape index (κ1) is 12.2. The summed E-state index contributed by atoms with van der Waals surface area (Å²) in [5, 5.41) is 11.3. The van der Waals surface area contributed by atoms with Gasteiger partial charge in [-0.2, -0.15) is 5.26 Å². The predicted octanol–water partition coefficient (Wildman–Crippen LogP) is 2.18. The van der Waals surface area contributed by atoms with Crippen LogP contribution in [0.5, 0.6) is 0 Å². The zero-order valence-electron chi connectivity index (χ0n) is 9.69. The fourth-order valence-corrected chi connectivity index (χ4v) is 1.08. The molecule has 84 valence electrons. The van der Waals surface area contributed by atoms with Gasteiger partial charge in [-0.25, -0.2) is 4.98 Å². The average Bonchev–Trinajstić information content (AvgIpc) is 2.28. The molecule has 0 bridgehead atoms. The summed E-state index contributed by atoms with van der Waals surface area (Å²) in [6.07, 6.45) is 1.44. The van der Waals surface area contributed by atoms with Crippen molar-refractivity contribution in [2.24, 2.45) is 11.8 Å². The molecule has 0 saturated carbocycles. The van der Waals surface area contributed by atoms with Crippen molar-refractivity contribution in [3.05, 3.63) is 23.9 Å². The van der Waals surface area contributed by atoms with Gasteiger partial charge >= 0.3 is 0 Å². The maximum Gasteiger partial charge on any atom is 0.228 e. The fourth-order valence-electron chi connectivity index (χ4n) is 1.08. The summed E-state index contributed by atoms with van der Waals surface area (Å²) in [4.78, 5) is 15.7. The molecule has 1 heterocycles. The van der Waals surface area contributed by atoms with E-state index in [0.717, 1.165) is 0 Å². The molecule has 1 rings (SSSR count). The molecule has 0 aliphatic carbocycles. The minimum absolute atomic E-state index is 0.0489. The molecule has 0 fully saturated rings. The third kappa shape index (κ3) is 3.06. The Balaban J connectivity index is 2.67. The quantitative estimate of drug-likeness (QED) is 0.843. The summed E-state index contributed by atoms with van der Waals surface area (Å²) >= 11 is 0. The highest BCUT2D eigenvalue weighted by Gasteiger charge is 2.16. The van der Waals surface area contributed by atoms with Crippen molar-refractivity contribution in [2.75, 3.05) is 5.32 Å². The van der Waals surface area contributed by atoms with E-state index in [-0.39, 0.29) is 11.8 Å². The summed E-state index contributed by atoms with van der Waals surface area (Å²) in [5.74, 6) is 0.666. The van der Waals surface area contributed by atoms with Crippen LogP contribution in [0.4, 0.5) is 5.82 Å². The molecule has 1 aromatic heterocycles. The molecule has 1 N–H and O–H groups in total. The number of nitrogens with one attached hydrogen (secondary N) is 1. The fraction of sp³-hybridized carbons (Fsp3) is 0.417. The number of hydrogen-bond donors (Lipinski definition) is 1. The van der Waals surface area contributed by atoms with Crippen molar-refractivity contribution in [3.63, 3.8) is 0 Å². The van der Waals surface area contributed by atoms with Gasteiger partial charge in [-0.15, -0.1) is 0 Å². The zero-order valence-corrected chi connectivity index (χ0v) is 9.69. The van der Waals surface area contributed by atoms with Crippen LogP contribution in [-0.2, 0) is 4.79 Å². The molecule has 16 heavy (non-hydrogen) atoms. The maximum atomic E-state index is 11.7. The number of nitriles is 1. The summed E-state index contributed by atoms with van der Waals surface area (Å²) in [5.41, 5.74) is 0.481. The smallest absolute Gasteiger partial charge is 0.228 e. The van der Waals surface area contributed by atoms with Crippen LogP contribution in [0.25, 0.3) is 0 Å². The van der Waals surface area contributed by atoms with Crippen molar-refractivity contribution in [2.45, 2.75) is 20.8 Å². The van der Waals surface area contributed by atoms with Gasteiger partial charge in [-0.1, -0.05) is 20.8 Å². The van der Waals surface area contributed by atoms with Crippen molar-refractivity contribution in [3.8, 4) is 6.07 Å². The molecule has 0 radical (unpaired) electrons. The maximum absolute atomic E-state index is 11.7. The van der Waals surface area contributed by atoms with Crippen LogP contribution in [0.2, 0.25) is 0 Å². The minimum atomic E-state index is -0.0579. The average molecular weight is 217 g/mol. The molecule has 0 saturated heterocycles. The number of hydrogen-bond acceptors (Lipinski definition) is 3. The Hall–Kier alpha value is -1.89. The second-order valence-electron chi connectivity index (χ2n) is 4.07.